The van der Waals surface area contributed by atoms with E-state index in [1.165, 1.54) is 0 Å². The first-order valence-corrected chi connectivity index (χ1v) is 10.4. The van der Waals surface area contributed by atoms with Crippen LogP contribution in [-0.4, -0.2) is 47.2 Å². The Morgan fingerprint density at radius 2 is 1.94 bits per heavy atom. The Balaban J connectivity index is 1.34. The number of amides is 1. The normalized spacial score (nSPS) is 11.0. The van der Waals surface area contributed by atoms with E-state index in [1.807, 2.05) is 22.9 Å². The van der Waals surface area contributed by atoms with Crippen molar-refractivity contribution in [2.45, 2.75) is 13.0 Å². The molecule has 0 unspecified atom stereocenters. The summed E-state index contributed by atoms with van der Waals surface area (Å²) >= 11 is 0. The highest BCUT2D eigenvalue weighted by Gasteiger charge is 2.14. The molecule has 10 heteroatoms. The number of aromatic nitrogens is 7. The van der Waals surface area contributed by atoms with E-state index in [2.05, 4.69) is 35.5 Å². The summed E-state index contributed by atoms with van der Waals surface area (Å²) in [4.78, 5) is 40.7. The monoisotopic (exact) mass is 440 g/mol. The number of aryl methyl sites for hydroxylation is 1. The van der Waals surface area contributed by atoms with Crippen LogP contribution in [0.1, 0.15) is 16.8 Å². The van der Waals surface area contributed by atoms with Gasteiger partial charge in [-0.3, -0.25) is 14.6 Å². The van der Waals surface area contributed by atoms with Crippen LogP contribution in [0.5, 0.6) is 0 Å². The lowest BCUT2D eigenvalue weighted by atomic mass is 10.1. The van der Waals surface area contributed by atoms with E-state index < -0.39 is 0 Å². The van der Waals surface area contributed by atoms with Gasteiger partial charge in [-0.15, -0.1) is 0 Å². The van der Waals surface area contributed by atoms with Crippen molar-refractivity contribution in [3.05, 3.63) is 83.4 Å². The van der Waals surface area contributed by atoms with Crippen molar-refractivity contribution in [1.29, 1.82) is 0 Å². The van der Waals surface area contributed by atoms with Gasteiger partial charge in [0.05, 0.1) is 28.6 Å². The second-order valence-electron chi connectivity index (χ2n) is 7.46. The Hall–Kier alpha value is -4.60. The van der Waals surface area contributed by atoms with Crippen LogP contribution in [0.15, 0.2) is 72.3 Å². The third-order valence-corrected chi connectivity index (χ3v) is 5.22. The maximum atomic E-state index is 12.5. The van der Waals surface area contributed by atoms with E-state index in [9.17, 15) is 9.59 Å². The number of hydrogen-bond acceptors (Lipinski definition) is 6. The number of aromatic amines is 2. The van der Waals surface area contributed by atoms with E-state index in [0.29, 0.717) is 40.2 Å². The highest BCUT2D eigenvalue weighted by molar-refractivity contribution is 5.97. The summed E-state index contributed by atoms with van der Waals surface area (Å²) in [5.74, 6) is 0.238. The van der Waals surface area contributed by atoms with Crippen molar-refractivity contribution in [1.82, 2.24) is 40.0 Å². The Kier molecular flexibility index (Phi) is 5.46. The molecule has 5 aromatic rings. The number of H-pyrrole nitrogens is 2. The average Bonchev–Trinajstić information content (AvgIpc) is 3.52. The van der Waals surface area contributed by atoms with Gasteiger partial charge in [-0.25, -0.2) is 15.1 Å². The lowest BCUT2D eigenvalue weighted by Crippen LogP contribution is -2.25. The van der Waals surface area contributed by atoms with Gasteiger partial charge in [-0.05, 0) is 42.8 Å². The SMILES string of the molecule is O=C(NCCCn1ccnc1)c1ccc2nc(-c3cc(-c4ccncc4)n[nH]c3=O)[nH]c2c1. The standard InChI is InChI=1S/C23H20N8O2/c32-22(26-6-1-10-31-11-9-25-14-31)16-2-3-18-20(12-16)28-21(27-18)17-13-19(29-30-23(17)33)15-4-7-24-8-5-15/h2-5,7-9,11-14H,1,6,10H2,(H,26,32)(H,27,28)(H,30,33). The summed E-state index contributed by atoms with van der Waals surface area (Å²) < 4.78 is 1.96. The summed E-state index contributed by atoms with van der Waals surface area (Å²) in [6.07, 6.45) is 9.48. The van der Waals surface area contributed by atoms with Gasteiger partial charge in [0.2, 0.25) is 0 Å². The fraction of sp³-hybridized carbons (Fsp3) is 0.130. The second kappa shape index (κ2) is 8.87. The smallest absolute Gasteiger partial charge is 0.275 e. The highest BCUT2D eigenvalue weighted by atomic mass is 16.1. The predicted molar refractivity (Wildman–Crippen MR) is 122 cm³/mol. The quantitative estimate of drug-likeness (QED) is 0.333. The molecule has 5 rings (SSSR count). The lowest BCUT2D eigenvalue weighted by Gasteiger charge is -2.06. The molecular weight excluding hydrogens is 420 g/mol. The number of benzene rings is 1. The van der Waals surface area contributed by atoms with Crippen LogP contribution in [0.3, 0.4) is 0 Å². The number of fused-ring (bicyclic) bond motifs is 1. The third kappa shape index (κ3) is 4.40. The van der Waals surface area contributed by atoms with Crippen LogP contribution in [0.25, 0.3) is 33.7 Å². The number of carbonyl (C=O) groups is 1. The summed E-state index contributed by atoms with van der Waals surface area (Å²) in [6.45, 7) is 1.33. The molecule has 3 N–H and O–H groups in total. The largest absolute Gasteiger partial charge is 0.352 e. The third-order valence-electron chi connectivity index (χ3n) is 5.22. The fourth-order valence-electron chi connectivity index (χ4n) is 3.52. The number of hydrogen-bond donors (Lipinski definition) is 3. The molecule has 33 heavy (non-hydrogen) atoms. The van der Waals surface area contributed by atoms with Gasteiger partial charge < -0.3 is 14.9 Å². The molecule has 0 fully saturated rings. The lowest BCUT2D eigenvalue weighted by molar-refractivity contribution is 0.0953. The van der Waals surface area contributed by atoms with Crippen LogP contribution in [-0.2, 0) is 6.54 Å². The zero-order valence-electron chi connectivity index (χ0n) is 17.5. The number of imidazole rings is 2. The Bertz CT molecular complexity index is 1460. The van der Waals surface area contributed by atoms with E-state index in [1.54, 1.807) is 49.2 Å². The van der Waals surface area contributed by atoms with Gasteiger partial charge >= 0.3 is 0 Å². The van der Waals surface area contributed by atoms with Crippen LogP contribution in [0.2, 0.25) is 0 Å². The molecule has 1 amide bonds. The molecule has 4 aromatic heterocycles. The van der Waals surface area contributed by atoms with Crippen LogP contribution in [0, 0.1) is 0 Å². The molecular formula is C23H20N8O2. The molecule has 0 bridgehead atoms. The summed E-state index contributed by atoms with van der Waals surface area (Å²) in [7, 11) is 0. The molecule has 0 saturated heterocycles. The zero-order chi connectivity index (χ0) is 22.6. The minimum absolute atomic E-state index is 0.166. The first-order valence-electron chi connectivity index (χ1n) is 10.4. The van der Waals surface area contributed by atoms with Crippen molar-refractivity contribution < 1.29 is 4.79 Å². The Morgan fingerprint density at radius 1 is 1.06 bits per heavy atom. The molecule has 0 aliphatic rings. The van der Waals surface area contributed by atoms with Gasteiger partial charge in [0.25, 0.3) is 11.5 Å². The van der Waals surface area contributed by atoms with Crippen LogP contribution in [0.4, 0.5) is 0 Å². The van der Waals surface area contributed by atoms with Crippen molar-refractivity contribution in [3.63, 3.8) is 0 Å². The summed E-state index contributed by atoms with van der Waals surface area (Å²) in [6, 6.07) is 10.5. The van der Waals surface area contributed by atoms with Crippen molar-refractivity contribution >= 4 is 16.9 Å². The van der Waals surface area contributed by atoms with Crippen molar-refractivity contribution in [3.8, 4) is 22.6 Å². The van der Waals surface area contributed by atoms with E-state index in [4.69, 9.17) is 0 Å². The molecule has 164 valence electrons. The van der Waals surface area contributed by atoms with Gasteiger partial charge in [0.1, 0.15) is 5.82 Å². The maximum Gasteiger partial charge on any atom is 0.275 e. The van der Waals surface area contributed by atoms with Crippen molar-refractivity contribution in [2.75, 3.05) is 6.54 Å². The van der Waals surface area contributed by atoms with Gasteiger partial charge in [0, 0.05) is 49.0 Å². The maximum absolute atomic E-state index is 12.5. The molecule has 0 saturated carbocycles. The molecule has 1 aromatic carbocycles. The topological polar surface area (TPSA) is 134 Å². The minimum atomic E-state index is -0.359. The van der Waals surface area contributed by atoms with Crippen molar-refractivity contribution in [2.24, 2.45) is 0 Å². The predicted octanol–water partition coefficient (Wildman–Crippen LogP) is 2.39. The molecule has 0 spiro atoms. The van der Waals surface area contributed by atoms with E-state index in [-0.39, 0.29) is 11.5 Å². The summed E-state index contributed by atoms with van der Waals surface area (Å²) in [5, 5.41) is 9.56. The number of nitrogens with zero attached hydrogens (tertiary/aromatic N) is 5. The first kappa shape index (κ1) is 20.3. The van der Waals surface area contributed by atoms with Gasteiger partial charge in [0.15, 0.2) is 0 Å². The molecule has 0 radical (unpaired) electrons. The molecule has 10 nitrogen and oxygen atoms in total. The van der Waals surface area contributed by atoms with Gasteiger partial charge in [-0.1, -0.05) is 0 Å². The van der Waals surface area contributed by atoms with Gasteiger partial charge in [-0.2, -0.15) is 5.10 Å². The van der Waals surface area contributed by atoms with E-state index >= 15 is 0 Å². The molecule has 0 aliphatic carbocycles. The molecule has 0 atom stereocenters. The van der Waals surface area contributed by atoms with E-state index in [0.717, 1.165) is 18.5 Å². The summed E-state index contributed by atoms with van der Waals surface area (Å²) in [5.41, 5.74) is 3.26. The zero-order valence-corrected chi connectivity index (χ0v) is 17.5. The second-order valence-corrected chi connectivity index (χ2v) is 7.46. The average molecular weight is 440 g/mol. The number of nitrogens with one attached hydrogen (secondary N) is 3. The molecule has 0 aliphatic heterocycles. The number of carbonyl (C=O) groups excluding carboxylic acids is 1. The Morgan fingerprint density at radius 3 is 2.76 bits per heavy atom. The minimum Gasteiger partial charge on any atom is -0.352 e. The van der Waals surface area contributed by atoms with Crippen LogP contribution >= 0.6 is 0 Å². The fourth-order valence-corrected chi connectivity index (χ4v) is 3.52. The first-order chi connectivity index (χ1) is 16.2. The van der Waals surface area contributed by atoms with Crippen LogP contribution < -0.4 is 10.9 Å². The number of pyridine rings is 1. The molecule has 4 heterocycles. The highest BCUT2D eigenvalue weighted by Crippen LogP contribution is 2.22. The number of rotatable bonds is 7. The Labute approximate surface area is 187 Å².